The second-order valence-electron chi connectivity index (χ2n) is 11.3. The minimum absolute atomic E-state index is 0.0563. The molecule has 0 unspecified atom stereocenters. The molecule has 8 heteroatoms. The van der Waals surface area contributed by atoms with Gasteiger partial charge in [-0.05, 0) is 75.4 Å². The number of aromatic nitrogens is 3. The normalized spacial score (nSPS) is 19.5. The summed E-state index contributed by atoms with van der Waals surface area (Å²) in [4.78, 5) is 18.9. The van der Waals surface area contributed by atoms with Crippen LogP contribution < -0.4 is 9.64 Å². The molecule has 0 atom stereocenters. The Kier molecular flexibility index (Phi) is 6.52. The predicted octanol–water partition coefficient (Wildman–Crippen LogP) is 7.03. The smallest absolute Gasteiger partial charge is 0.319 e. The summed E-state index contributed by atoms with van der Waals surface area (Å²) in [7, 11) is 0. The number of ether oxygens (including phenoxy) is 1. The number of hydrogen-bond donors (Lipinski definition) is 0. The lowest BCUT2D eigenvalue weighted by Crippen LogP contribution is -2.43. The Morgan fingerprint density at radius 2 is 1.69 bits per heavy atom. The molecule has 3 saturated heterocycles. The van der Waals surface area contributed by atoms with Crippen LogP contribution in [0.3, 0.4) is 0 Å². The highest BCUT2D eigenvalue weighted by Crippen LogP contribution is 2.42. The Morgan fingerprint density at radius 1 is 0.897 bits per heavy atom. The molecule has 0 aliphatic carbocycles. The Bertz CT molecular complexity index is 1520. The molecule has 0 saturated carbocycles. The summed E-state index contributed by atoms with van der Waals surface area (Å²) in [6.45, 7) is 4.53. The van der Waals surface area contributed by atoms with E-state index in [-0.39, 0.29) is 17.1 Å². The third-order valence-electron chi connectivity index (χ3n) is 8.94. The first-order chi connectivity index (χ1) is 19.1. The first kappa shape index (κ1) is 25.0. The van der Waals surface area contributed by atoms with Crippen molar-refractivity contribution in [2.45, 2.75) is 56.9 Å². The molecule has 3 aliphatic heterocycles. The fourth-order valence-electron chi connectivity index (χ4n) is 6.98. The topological polar surface area (TPSA) is 54.4 Å². The van der Waals surface area contributed by atoms with E-state index < -0.39 is 5.82 Å². The summed E-state index contributed by atoms with van der Waals surface area (Å²) >= 11 is 6.86. The summed E-state index contributed by atoms with van der Waals surface area (Å²) in [5.41, 5.74) is 2.14. The predicted molar refractivity (Wildman–Crippen MR) is 154 cm³/mol. The molecule has 5 heterocycles. The number of hydrogen-bond acceptors (Lipinski definition) is 6. The SMILES string of the molecule is Fc1c(-c2cccc3ncccc23)c(Cl)cc2c(N3CCCCCC3)nc(OCC34CCCN3CCC4)nc12. The van der Waals surface area contributed by atoms with Gasteiger partial charge in [0.1, 0.15) is 17.9 Å². The maximum Gasteiger partial charge on any atom is 0.319 e. The van der Waals surface area contributed by atoms with E-state index in [0.29, 0.717) is 28.1 Å². The number of rotatable bonds is 5. The van der Waals surface area contributed by atoms with E-state index in [0.717, 1.165) is 68.6 Å². The first-order valence-electron chi connectivity index (χ1n) is 14.3. The zero-order chi connectivity index (χ0) is 26.4. The highest BCUT2D eigenvalue weighted by molar-refractivity contribution is 6.35. The number of benzene rings is 2. The summed E-state index contributed by atoms with van der Waals surface area (Å²) in [5.74, 6) is 0.273. The van der Waals surface area contributed by atoms with Gasteiger partial charge < -0.3 is 9.64 Å². The fraction of sp³-hybridized carbons (Fsp3) is 0.452. The maximum atomic E-state index is 16.6. The lowest BCUT2D eigenvalue weighted by Gasteiger charge is -2.31. The van der Waals surface area contributed by atoms with Crippen molar-refractivity contribution in [3.63, 3.8) is 0 Å². The van der Waals surface area contributed by atoms with Crippen LogP contribution in [0.4, 0.5) is 10.2 Å². The van der Waals surface area contributed by atoms with Gasteiger partial charge in [-0.25, -0.2) is 4.39 Å². The second kappa shape index (κ2) is 10.2. The molecule has 7 rings (SSSR count). The molecule has 6 nitrogen and oxygen atoms in total. The van der Waals surface area contributed by atoms with Crippen molar-refractivity contribution in [3.8, 4) is 17.1 Å². The van der Waals surface area contributed by atoms with Crippen LogP contribution in [0.5, 0.6) is 6.01 Å². The third kappa shape index (κ3) is 4.40. The number of nitrogens with zero attached hydrogens (tertiary/aromatic N) is 5. The standard InChI is InChI=1S/C31H33ClFN5O/c32-24-19-23-28(27(33)26(24)22-9-5-11-25-21(22)10-6-14-34-25)35-30(36-29(23)37-15-3-1-2-4-16-37)39-20-31-12-7-17-38(31)18-8-13-31/h5-6,9-11,14,19H,1-4,7-8,12-13,15-18,20H2. The van der Waals surface area contributed by atoms with Crippen LogP contribution in [0.1, 0.15) is 51.4 Å². The molecule has 2 aromatic carbocycles. The van der Waals surface area contributed by atoms with Gasteiger partial charge in [-0.2, -0.15) is 9.97 Å². The molecule has 2 aromatic heterocycles. The van der Waals surface area contributed by atoms with Crippen molar-refractivity contribution in [1.29, 1.82) is 0 Å². The van der Waals surface area contributed by atoms with Gasteiger partial charge in [0.2, 0.25) is 0 Å². The lowest BCUT2D eigenvalue weighted by molar-refractivity contribution is 0.108. The van der Waals surface area contributed by atoms with Gasteiger partial charge in [-0.15, -0.1) is 0 Å². The van der Waals surface area contributed by atoms with Crippen LogP contribution >= 0.6 is 11.6 Å². The Labute approximate surface area is 233 Å². The van der Waals surface area contributed by atoms with Crippen molar-refractivity contribution in [1.82, 2.24) is 19.9 Å². The van der Waals surface area contributed by atoms with Crippen molar-refractivity contribution >= 4 is 39.2 Å². The Balaban J connectivity index is 1.37. The molecule has 0 bridgehead atoms. The molecule has 3 fully saturated rings. The van der Waals surface area contributed by atoms with Crippen LogP contribution in [0, 0.1) is 5.82 Å². The van der Waals surface area contributed by atoms with Crippen molar-refractivity contribution in [2.24, 2.45) is 0 Å². The van der Waals surface area contributed by atoms with Gasteiger partial charge in [0.15, 0.2) is 5.82 Å². The second-order valence-corrected chi connectivity index (χ2v) is 11.7. The quantitative estimate of drug-likeness (QED) is 0.268. The molecule has 0 N–H and O–H groups in total. The minimum Gasteiger partial charge on any atom is -0.461 e. The molecule has 0 amide bonds. The van der Waals surface area contributed by atoms with Gasteiger partial charge in [-0.1, -0.05) is 42.6 Å². The van der Waals surface area contributed by atoms with Crippen molar-refractivity contribution < 1.29 is 9.13 Å². The van der Waals surface area contributed by atoms with E-state index in [9.17, 15) is 0 Å². The van der Waals surface area contributed by atoms with Gasteiger partial charge >= 0.3 is 6.01 Å². The molecule has 3 aliphatic rings. The molecular weight excluding hydrogens is 513 g/mol. The van der Waals surface area contributed by atoms with Crippen LogP contribution in [-0.2, 0) is 0 Å². The average Bonchev–Trinajstić information content (AvgIpc) is 3.42. The number of halogens is 2. The zero-order valence-corrected chi connectivity index (χ0v) is 22.9. The number of anilines is 1. The summed E-state index contributed by atoms with van der Waals surface area (Å²) in [6.07, 6.45) is 10.9. The van der Waals surface area contributed by atoms with Crippen LogP contribution in [-0.4, -0.2) is 58.2 Å². The number of fused-ring (bicyclic) bond motifs is 3. The average molecular weight is 546 g/mol. The van der Waals surface area contributed by atoms with E-state index in [1.807, 2.05) is 36.4 Å². The van der Waals surface area contributed by atoms with E-state index in [4.69, 9.17) is 26.3 Å². The van der Waals surface area contributed by atoms with Crippen LogP contribution in [0.25, 0.3) is 32.9 Å². The molecule has 0 spiro atoms. The monoisotopic (exact) mass is 545 g/mol. The maximum absolute atomic E-state index is 16.6. The zero-order valence-electron chi connectivity index (χ0n) is 22.1. The molecule has 202 valence electrons. The fourth-order valence-corrected chi connectivity index (χ4v) is 7.27. The first-order valence-corrected chi connectivity index (χ1v) is 14.7. The minimum atomic E-state index is -0.446. The summed E-state index contributed by atoms with van der Waals surface area (Å²) in [5, 5.41) is 1.83. The largest absolute Gasteiger partial charge is 0.461 e. The van der Waals surface area contributed by atoms with Crippen molar-refractivity contribution in [3.05, 3.63) is 53.4 Å². The molecular formula is C31H33ClFN5O. The van der Waals surface area contributed by atoms with Gasteiger partial charge in [0.25, 0.3) is 0 Å². The Hall–Kier alpha value is -3.03. The molecule has 4 aromatic rings. The highest BCUT2D eigenvalue weighted by Gasteiger charge is 2.45. The van der Waals surface area contributed by atoms with Crippen LogP contribution in [0.2, 0.25) is 5.02 Å². The molecule has 0 radical (unpaired) electrons. The van der Waals surface area contributed by atoms with E-state index in [2.05, 4.69) is 14.8 Å². The van der Waals surface area contributed by atoms with E-state index in [1.165, 1.54) is 25.7 Å². The van der Waals surface area contributed by atoms with Crippen LogP contribution in [0.15, 0.2) is 42.6 Å². The van der Waals surface area contributed by atoms with Crippen molar-refractivity contribution in [2.75, 3.05) is 37.7 Å². The number of pyridine rings is 1. The highest BCUT2D eigenvalue weighted by atomic mass is 35.5. The lowest BCUT2D eigenvalue weighted by atomic mass is 9.95. The molecule has 39 heavy (non-hydrogen) atoms. The van der Waals surface area contributed by atoms with E-state index in [1.54, 1.807) is 6.20 Å². The van der Waals surface area contributed by atoms with Gasteiger partial charge in [-0.3, -0.25) is 9.88 Å². The summed E-state index contributed by atoms with van der Waals surface area (Å²) in [6, 6.07) is 11.6. The third-order valence-corrected chi connectivity index (χ3v) is 9.24. The van der Waals surface area contributed by atoms with E-state index >= 15 is 4.39 Å². The summed E-state index contributed by atoms with van der Waals surface area (Å²) < 4.78 is 23.0. The van der Waals surface area contributed by atoms with Gasteiger partial charge in [0.05, 0.1) is 16.1 Å². The Morgan fingerprint density at radius 3 is 2.49 bits per heavy atom. The van der Waals surface area contributed by atoms with Gasteiger partial charge in [0, 0.05) is 35.6 Å².